The van der Waals surface area contributed by atoms with Crippen LogP contribution < -0.4 is 5.32 Å². The number of aryl methyl sites for hydroxylation is 1. The first-order valence-electron chi connectivity index (χ1n) is 8.23. The molecule has 3 aliphatic rings. The summed E-state index contributed by atoms with van der Waals surface area (Å²) in [4.78, 5) is 12.5. The van der Waals surface area contributed by atoms with E-state index in [0.29, 0.717) is 23.8 Å². The minimum Gasteiger partial charge on any atom is -0.353 e. The lowest BCUT2D eigenvalue weighted by Gasteiger charge is -2.22. The van der Waals surface area contributed by atoms with Gasteiger partial charge in [0.2, 0.25) is 5.91 Å². The van der Waals surface area contributed by atoms with Gasteiger partial charge >= 0.3 is 0 Å². The first kappa shape index (κ1) is 12.4. The van der Waals surface area contributed by atoms with Crippen LogP contribution in [0.5, 0.6) is 0 Å². The van der Waals surface area contributed by atoms with Crippen molar-refractivity contribution in [3.8, 4) is 0 Å². The Morgan fingerprint density at radius 2 is 1.85 bits per heavy atom. The first-order chi connectivity index (χ1) is 9.84. The van der Waals surface area contributed by atoms with Crippen LogP contribution in [0.2, 0.25) is 0 Å². The lowest BCUT2D eigenvalue weighted by Crippen LogP contribution is -2.37. The molecule has 2 heteroatoms. The summed E-state index contributed by atoms with van der Waals surface area (Å²) >= 11 is 0. The second-order valence-corrected chi connectivity index (χ2v) is 6.80. The third-order valence-corrected chi connectivity index (χ3v) is 5.58. The van der Waals surface area contributed by atoms with Crippen molar-refractivity contribution in [1.82, 2.24) is 5.32 Å². The molecule has 2 fully saturated rings. The molecule has 0 bridgehead atoms. The topological polar surface area (TPSA) is 29.1 Å². The molecule has 3 aliphatic carbocycles. The third kappa shape index (κ3) is 2.06. The van der Waals surface area contributed by atoms with Gasteiger partial charge in [-0.25, -0.2) is 0 Å². The van der Waals surface area contributed by atoms with Gasteiger partial charge in [-0.3, -0.25) is 4.79 Å². The number of carbonyl (C=O) groups excluding carboxylic acids is 1. The number of fused-ring (bicyclic) bond motifs is 3. The molecule has 20 heavy (non-hydrogen) atoms. The predicted octanol–water partition coefficient (Wildman–Crippen LogP) is 3.41. The van der Waals surface area contributed by atoms with Gasteiger partial charge in [0.25, 0.3) is 0 Å². The van der Waals surface area contributed by atoms with Crippen molar-refractivity contribution in [3.05, 3.63) is 35.4 Å². The van der Waals surface area contributed by atoms with Crippen LogP contribution in [0.25, 0.3) is 0 Å². The van der Waals surface area contributed by atoms with Gasteiger partial charge in [0, 0.05) is 12.0 Å². The van der Waals surface area contributed by atoms with Gasteiger partial charge in [-0.05, 0) is 48.6 Å². The second kappa shape index (κ2) is 4.91. The van der Waals surface area contributed by atoms with E-state index in [9.17, 15) is 4.79 Å². The molecule has 3 unspecified atom stereocenters. The minimum atomic E-state index is 0.264. The van der Waals surface area contributed by atoms with Gasteiger partial charge in [0.1, 0.15) is 0 Å². The summed E-state index contributed by atoms with van der Waals surface area (Å²) in [5, 5.41) is 3.33. The number of hydrogen-bond acceptors (Lipinski definition) is 1. The zero-order valence-electron chi connectivity index (χ0n) is 12.0. The standard InChI is InChI=1S/C18H23NO/c20-18(19-13-7-2-1-3-8-13)17-15-11-10-12-6-4-5-9-14(12)16(15)17/h4-6,9,13,15-17H,1-3,7-8,10-11H2,(H,19,20). The van der Waals surface area contributed by atoms with Crippen LogP contribution in [-0.2, 0) is 11.2 Å². The van der Waals surface area contributed by atoms with E-state index in [0.717, 1.165) is 6.42 Å². The molecule has 1 aromatic carbocycles. The van der Waals surface area contributed by atoms with Crippen LogP contribution in [0.3, 0.4) is 0 Å². The van der Waals surface area contributed by atoms with Gasteiger partial charge in [-0.1, -0.05) is 43.5 Å². The normalized spacial score (nSPS) is 32.1. The Hall–Kier alpha value is -1.31. The summed E-state index contributed by atoms with van der Waals surface area (Å²) in [6.45, 7) is 0. The molecule has 0 saturated heterocycles. The Morgan fingerprint density at radius 3 is 2.70 bits per heavy atom. The summed E-state index contributed by atoms with van der Waals surface area (Å²) in [5.74, 6) is 1.74. The number of benzene rings is 1. The van der Waals surface area contributed by atoms with E-state index in [1.54, 1.807) is 0 Å². The van der Waals surface area contributed by atoms with Gasteiger partial charge in [-0.15, -0.1) is 0 Å². The van der Waals surface area contributed by atoms with E-state index in [1.807, 2.05) is 0 Å². The summed E-state index contributed by atoms with van der Waals surface area (Å²) in [6.07, 6.45) is 8.63. The highest BCUT2D eigenvalue weighted by Gasteiger charge is 2.57. The van der Waals surface area contributed by atoms with Crippen molar-refractivity contribution >= 4 is 5.91 Å². The largest absolute Gasteiger partial charge is 0.353 e. The fourth-order valence-corrected chi connectivity index (χ4v) is 4.47. The summed E-state index contributed by atoms with van der Waals surface area (Å²) in [7, 11) is 0. The summed E-state index contributed by atoms with van der Waals surface area (Å²) in [6, 6.07) is 9.17. The average molecular weight is 269 g/mol. The van der Waals surface area contributed by atoms with Gasteiger partial charge < -0.3 is 5.32 Å². The number of hydrogen-bond donors (Lipinski definition) is 1. The Bertz CT molecular complexity index is 518. The van der Waals surface area contributed by atoms with Crippen LogP contribution in [0.1, 0.15) is 55.6 Å². The molecular formula is C18H23NO. The maximum absolute atomic E-state index is 12.5. The lowest BCUT2D eigenvalue weighted by molar-refractivity contribution is -0.123. The third-order valence-electron chi connectivity index (χ3n) is 5.58. The average Bonchev–Trinajstić information content (AvgIpc) is 3.23. The fraction of sp³-hybridized carbons (Fsp3) is 0.611. The molecule has 1 amide bonds. The van der Waals surface area contributed by atoms with E-state index in [-0.39, 0.29) is 5.92 Å². The van der Waals surface area contributed by atoms with E-state index in [2.05, 4.69) is 29.6 Å². The molecule has 0 spiro atoms. The van der Waals surface area contributed by atoms with Crippen molar-refractivity contribution in [2.24, 2.45) is 11.8 Å². The SMILES string of the molecule is O=C(NC1CCCCC1)C1C2CCc3ccccc3C21. The highest BCUT2D eigenvalue weighted by Crippen LogP contribution is 2.59. The van der Waals surface area contributed by atoms with Crippen LogP contribution in [-0.4, -0.2) is 11.9 Å². The monoisotopic (exact) mass is 269 g/mol. The number of amides is 1. The van der Waals surface area contributed by atoms with E-state index in [1.165, 1.54) is 49.7 Å². The molecular weight excluding hydrogens is 246 g/mol. The zero-order chi connectivity index (χ0) is 13.5. The number of rotatable bonds is 2. The molecule has 2 nitrogen and oxygen atoms in total. The molecule has 4 rings (SSSR count). The number of nitrogens with one attached hydrogen (secondary N) is 1. The minimum absolute atomic E-state index is 0.264. The van der Waals surface area contributed by atoms with Crippen molar-refractivity contribution in [1.29, 1.82) is 0 Å². The molecule has 0 heterocycles. The van der Waals surface area contributed by atoms with Gasteiger partial charge in [0.05, 0.1) is 0 Å². The van der Waals surface area contributed by atoms with Gasteiger partial charge in [-0.2, -0.15) is 0 Å². The van der Waals surface area contributed by atoms with Crippen molar-refractivity contribution in [2.45, 2.75) is 56.9 Å². The van der Waals surface area contributed by atoms with Crippen molar-refractivity contribution in [2.75, 3.05) is 0 Å². The van der Waals surface area contributed by atoms with E-state index >= 15 is 0 Å². The Labute approximate surface area is 121 Å². The maximum atomic E-state index is 12.5. The van der Waals surface area contributed by atoms with Crippen LogP contribution >= 0.6 is 0 Å². The molecule has 106 valence electrons. The summed E-state index contributed by atoms with van der Waals surface area (Å²) in [5.41, 5.74) is 2.93. The Balaban J connectivity index is 1.45. The molecule has 0 aromatic heterocycles. The first-order valence-corrected chi connectivity index (χ1v) is 8.23. The molecule has 3 atom stereocenters. The highest BCUT2D eigenvalue weighted by molar-refractivity contribution is 5.84. The quantitative estimate of drug-likeness (QED) is 0.876. The zero-order valence-corrected chi connectivity index (χ0v) is 12.0. The van der Waals surface area contributed by atoms with Crippen LogP contribution in [0.15, 0.2) is 24.3 Å². The molecule has 1 aromatic rings. The summed E-state index contributed by atoms with van der Waals surface area (Å²) < 4.78 is 0. The maximum Gasteiger partial charge on any atom is 0.224 e. The molecule has 0 radical (unpaired) electrons. The second-order valence-electron chi connectivity index (χ2n) is 6.80. The smallest absolute Gasteiger partial charge is 0.224 e. The van der Waals surface area contributed by atoms with Gasteiger partial charge in [0.15, 0.2) is 0 Å². The Morgan fingerprint density at radius 1 is 1.05 bits per heavy atom. The van der Waals surface area contributed by atoms with Crippen molar-refractivity contribution < 1.29 is 4.79 Å². The predicted molar refractivity (Wildman–Crippen MR) is 79.5 cm³/mol. The van der Waals surface area contributed by atoms with Crippen LogP contribution in [0.4, 0.5) is 0 Å². The van der Waals surface area contributed by atoms with Crippen LogP contribution in [0, 0.1) is 11.8 Å². The van der Waals surface area contributed by atoms with E-state index < -0.39 is 0 Å². The Kier molecular flexibility index (Phi) is 3.05. The highest BCUT2D eigenvalue weighted by atomic mass is 16.2. The fourth-order valence-electron chi connectivity index (χ4n) is 4.47. The number of carbonyl (C=O) groups is 1. The van der Waals surface area contributed by atoms with E-state index in [4.69, 9.17) is 0 Å². The molecule has 2 saturated carbocycles. The molecule has 0 aliphatic heterocycles. The molecule has 1 N–H and O–H groups in total. The van der Waals surface area contributed by atoms with Crippen molar-refractivity contribution in [3.63, 3.8) is 0 Å². The lowest BCUT2D eigenvalue weighted by atomic mass is 9.92.